The molecule has 110 valence electrons. The molecule has 1 aromatic rings. The molecule has 0 bridgehead atoms. The molecule has 0 aromatic heterocycles. The molecule has 0 spiro atoms. The molecule has 1 N–H and O–H groups in total. The van der Waals surface area contributed by atoms with Gasteiger partial charge in [-0.2, -0.15) is 0 Å². The van der Waals surface area contributed by atoms with E-state index in [2.05, 4.69) is 0 Å². The van der Waals surface area contributed by atoms with Gasteiger partial charge in [-0.25, -0.2) is 0 Å². The van der Waals surface area contributed by atoms with Gasteiger partial charge in [-0.05, 0) is 19.4 Å². The summed E-state index contributed by atoms with van der Waals surface area (Å²) in [6.07, 6.45) is -2.06. The van der Waals surface area contributed by atoms with Crippen molar-refractivity contribution in [3.8, 4) is 0 Å². The minimum Gasteiger partial charge on any atom is -0.366 e. The molecule has 3 rings (SSSR count). The lowest BCUT2D eigenvalue weighted by Gasteiger charge is -2.38. The van der Waals surface area contributed by atoms with E-state index in [4.69, 9.17) is 18.9 Å². The Morgan fingerprint density at radius 3 is 2.80 bits per heavy atom. The highest BCUT2D eigenvalue weighted by Crippen LogP contribution is 2.34. The van der Waals surface area contributed by atoms with Gasteiger partial charge in [-0.1, -0.05) is 30.3 Å². The van der Waals surface area contributed by atoms with Crippen molar-refractivity contribution in [1.82, 2.24) is 0 Å². The maximum Gasteiger partial charge on any atom is 0.184 e. The Kier molecular flexibility index (Phi) is 3.79. The Balaban J connectivity index is 1.65. The van der Waals surface area contributed by atoms with Crippen LogP contribution in [0, 0.1) is 0 Å². The average molecular weight is 280 g/mol. The van der Waals surface area contributed by atoms with E-state index in [1.54, 1.807) is 0 Å². The molecular formula is C15H20O5. The Bertz CT molecular complexity index is 447. The summed E-state index contributed by atoms with van der Waals surface area (Å²) in [5, 5.41) is 9.99. The molecule has 5 heteroatoms. The summed E-state index contributed by atoms with van der Waals surface area (Å²) in [6.45, 7) is 4.52. The third kappa shape index (κ3) is 2.87. The second-order valence-electron chi connectivity index (χ2n) is 5.62. The summed E-state index contributed by atoms with van der Waals surface area (Å²) in [6, 6.07) is 9.83. The normalized spacial score (nSPS) is 35.8. The fraction of sp³-hybridized carbons (Fsp3) is 0.600. The standard InChI is InChI=1S/C15H20O5/c1-15(2)18-9-11-12(20-15)13(14(16)19-11)17-8-10-6-4-3-5-7-10/h3-7,11-14,16H,8-9H2,1-2H3/t11-,12+,13-,14?/m1/s1. The van der Waals surface area contributed by atoms with Gasteiger partial charge in [0, 0.05) is 0 Å². The molecule has 2 heterocycles. The summed E-state index contributed by atoms with van der Waals surface area (Å²) in [4.78, 5) is 0. The van der Waals surface area contributed by atoms with Crippen LogP contribution < -0.4 is 0 Å². The highest BCUT2D eigenvalue weighted by atomic mass is 16.8. The van der Waals surface area contributed by atoms with Gasteiger partial charge >= 0.3 is 0 Å². The van der Waals surface area contributed by atoms with E-state index in [0.717, 1.165) is 5.56 Å². The zero-order valence-corrected chi connectivity index (χ0v) is 11.7. The van der Waals surface area contributed by atoms with Crippen molar-refractivity contribution in [2.45, 2.75) is 50.8 Å². The molecule has 2 aliphatic heterocycles. The van der Waals surface area contributed by atoms with E-state index in [1.165, 1.54) is 0 Å². The summed E-state index contributed by atoms with van der Waals surface area (Å²) < 4.78 is 22.6. The molecule has 0 amide bonds. The lowest BCUT2D eigenvalue weighted by Crippen LogP contribution is -2.50. The number of hydrogen-bond acceptors (Lipinski definition) is 5. The van der Waals surface area contributed by atoms with Crippen LogP contribution in [0.15, 0.2) is 30.3 Å². The molecule has 0 aliphatic carbocycles. The lowest BCUT2D eigenvalue weighted by molar-refractivity contribution is -0.302. The van der Waals surface area contributed by atoms with E-state index in [0.29, 0.717) is 13.2 Å². The third-order valence-electron chi connectivity index (χ3n) is 3.59. The van der Waals surface area contributed by atoms with E-state index < -0.39 is 18.2 Å². The smallest absolute Gasteiger partial charge is 0.184 e. The molecule has 2 fully saturated rings. The summed E-state index contributed by atoms with van der Waals surface area (Å²) in [5.41, 5.74) is 1.05. The van der Waals surface area contributed by atoms with E-state index in [-0.39, 0.29) is 12.2 Å². The number of rotatable bonds is 3. The maximum atomic E-state index is 9.99. The van der Waals surface area contributed by atoms with Gasteiger partial charge in [0.1, 0.15) is 18.3 Å². The van der Waals surface area contributed by atoms with Gasteiger partial charge in [-0.15, -0.1) is 0 Å². The van der Waals surface area contributed by atoms with Crippen molar-refractivity contribution in [1.29, 1.82) is 0 Å². The highest BCUT2D eigenvalue weighted by Gasteiger charge is 2.51. The highest BCUT2D eigenvalue weighted by molar-refractivity contribution is 5.13. The first-order chi connectivity index (χ1) is 9.55. The van der Waals surface area contributed by atoms with Crippen LogP contribution >= 0.6 is 0 Å². The molecule has 4 atom stereocenters. The number of aliphatic hydroxyl groups excluding tert-OH is 1. The molecule has 20 heavy (non-hydrogen) atoms. The second-order valence-corrected chi connectivity index (χ2v) is 5.62. The Labute approximate surface area is 118 Å². The van der Waals surface area contributed by atoms with Crippen LogP contribution in [0.5, 0.6) is 0 Å². The molecule has 0 saturated carbocycles. The van der Waals surface area contributed by atoms with E-state index in [9.17, 15) is 5.11 Å². The largest absolute Gasteiger partial charge is 0.366 e. The van der Waals surface area contributed by atoms with Gasteiger partial charge in [-0.3, -0.25) is 0 Å². The fourth-order valence-corrected chi connectivity index (χ4v) is 2.57. The number of aliphatic hydroxyl groups is 1. The molecule has 2 aliphatic rings. The van der Waals surface area contributed by atoms with Crippen molar-refractivity contribution >= 4 is 0 Å². The van der Waals surface area contributed by atoms with Crippen molar-refractivity contribution in [3.63, 3.8) is 0 Å². The SMILES string of the molecule is CC1(C)OC[C@H]2OC(O)[C@H](OCc3ccccc3)[C@H]2O1. The summed E-state index contributed by atoms with van der Waals surface area (Å²) >= 11 is 0. The second kappa shape index (κ2) is 5.42. The monoisotopic (exact) mass is 280 g/mol. The Hall–Kier alpha value is -0.980. The van der Waals surface area contributed by atoms with Crippen LogP contribution in [0.4, 0.5) is 0 Å². The van der Waals surface area contributed by atoms with Crippen LogP contribution in [0.2, 0.25) is 0 Å². The molecular weight excluding hydrogens is 260 g/mol. The predicted octanol–water partition coefficient (Wildman–Crippen LogP) is 1.44. The summed E-state index contributed by atoms with van der Waals surface area (Å²) in [7, 11) is 0. The van der Waals surface area contributed by atoms with Gasteiger partial charge in [0.25, 0.3) is 0 Å². The van der Waals surface area contributed by atoms with Crippen molar-refractivity contribution in [2.75, 3.05) is 6.61 Å². The minimum atomic E-state index is -0.980. The molecule has 0 radical (unpaired) electrons. The van der Waals surface area contributed by atoms with Crippen LogP contribution in [0.3, 0.4) is 0 Å². The molecule has 1 unspecified atom stereocenters. The van der Waals surface area contributed by atoms with Gasteiger partial charge < -0.3 is 24.1 Å². The van der Waals surface area contributed by atoms with Crippen molar-refractivity contribution < 1.29 is 24.1 Å². The first kappa shape index (κ1) is 14.0. The van der Waals surface area contributed by atoms with Crippen LogP contribution in [0.25, 0.3) is 0 Å². The summed E-state index contributed by atoms with van der Waals surface area (Å²) in [5.74, 6) is -0.678. The topological polar surface area (TPSA) is 57.2 Å². The number of hydrogen-bond donors (Lipinski definition) is 1. The third-order valence-corrected chi connectivity index (χ3v) is 3.59. The molecule has 2 saturated heterocycles. The van der Waals surface area contributed by atoms with Crippen molar-refractivity contribution in [3.05, 3.63) is 35.9 Å². The lowest BCUT2D eigenvalue weighted by atomic mass is 10.1. The predicted molar refractivity (Wildman–Crippen MR) is 70.8 cm³/mol. The number of benzene rings is 1. The zero-order valence-electron chi connectivity index (χ0n) is 11.7. The van der Waals surface area contributed by atoms with Crippen molar-refractivity contribution in [2.24, 2.45) is 0 Å². The number of ether oxygens (including phenoxy) is 4. The van der Waals surface area contributed by atoms with Gasteiger partial charge in [0.15, 0.2) is 12.1 Å². The van der Waals surface area contributed by atoms with E-state index in [1.807, 2.05) is 44.2 Å². The number of fused-ring (bicyclic) bond motifs is 1. The van der Waals surface area contributed by atoms with Crippen LogP contribution in [0.1, 0.15) is 19.4 Å². The first-order valence-electron chi connectivity index (χ1n) is 6.86. The molecule has 1 aromatic carbocycles. The zero-order chi connectivity index (χ0) is 14.2. The van der Waals surface area contributed by atoms with E-state index >= 15 is 0 Å². The Morgan fingerprint density at radius 1 is 1.30 bits per heavy atom. The molecule has 5 nitrogen and oxygen atoms in total. The van der Waals surface area contributed by atoms with Crippen LogP contribution in [-0.2, 0) is 25.6 Å². The van der Waals surface area contributed by atoms with Gasteiger partial charge in [0.2, 0.25) is 0 Å². The quantitative estimate of drug-likeness (QED) is 0.908. The average Bonchev–Trinajstić information content (AvgIpc) is 2.72. The maximum absolute atomic E-state index is 9.99. The first-order valence-corrected chi connectivity index (χ1v) is 6.86. The minimum absolute atomic E-state index is 0.279. The Morgan fingerprint density at radius 2 is 2.05 bits per heavy atom. The van der Waals surface area contributed by atoms with Gasteiger partial charge in [0.05, 0.1) is 13.2 Å². The van der Waals surface area contributed by atoms with Crippen LogP contribution in [-0.4, -0.2) is 42.1 Å². The fourth-order valence-electron chi connectivity index (χ4n) is 2.57.